The molecule has 0 aliphatic carbocycles. The van der Waals surface area contributed by atoms with Crippen LogP contribution in [0.5, 0.6) is 0 Å². The number of likely N-dealkylation sites (N-methyl/N-ethyl adjacent to an activating group) is 1. The van der Waals surface area contributed by atoms with E-state index in [2.05, 4.69) is 19.1 Å². The summed E-state index contributed by atoms with van der Waals surface area (Å²) in [6.45, 7) is 2.70. The smallest absolute Gasteiger partial charge is 0.119 e. The van der Waals surface area contributed by atoms with Gasteiger partial charge < -0.3 is 19.5 Å². The zero-order chi connectivity index (χ0) is 22.0. The minimum absolute atomic E-state index is 0.270. The Hall–Kier alpha value is -0.870. The standard InChI is InChI=1S/C25H49NO3/c1-5-6-7-8-9-10-11-12-13-14-15-16-17-18-19-20-21-25(29,22-24(27)28)23-26(2,3)4/h12-13,29H,5-11,14-23H2,1-4H3/b13-12+. The highest BCUT2D eigenvalue weighted by Gasteiger charge is 2.33. The lowest BCUT2D eigenvalue weighted by Crippen LogP contribution is -2.51. The fourth-order valence-electron chi connectivity index (χ4n) is 4.08. The lowest BCUT2D eigenvalue weighted by atomic mass is 9.91. The molecule has 0 fully saturated rings. The SMILES string of the molecule is CCCCCCCC/C=C/CCCCCCCCC(O)(CC(=O)[O-])C[N+](C)(C)C. The third-order valence-electron chi connectivity index (χ3n) is 5.40. The number of aliphatic carboxylic acids is 1. The monoisotopic (exact) mass is 411 g/mol. The van der Waals surface area contributed by atoms with E-state index in [0.717, 1.165) is 19.3 Å². The van der Waals surface area contributed by atoms with Gasteiger partial charge in [0.05, 0.1) is 21.1 Å². The van der Waals surface area contributed by atoms with Crippen molar-refractivity contribution in [1.29, 1.82) is 0 Å². The zero-order valence-electron chi connectivity index (χ0n) is 19.9. The number of hydrogen-bond donors (Lipinski definition) is 1. The molecule has 0 aliphatic heterocycles. The van der Waals surface area contributed by atoms with Crippen LogP contribution in [0.15, 0.2) is 12.2 Å². The number of carbonyl (C=O) groups is 1. The van der Waals surface area contributed by atoms with Crippen LogP contribution < -0.4 is 5.11 Å². The minimum atomic E-state index is -1.16. The van der Waals surface area contributed by atoms with Gasteiger partial charge in [-0.2, -0.15) is 0 Å². The molecule has 1 atom stereocenters. The first-order chi connectivity index (χ1) is 13.7. The summed E-state index contributed by atoms with van der Waals surface area (Å²) in [5.74, 6) is -1.16. The number of allylic oxidation sites excluding steroid dienone is 2. The van der Waals surface area contributed by atoms with Crippen molar-refractivity contribution in [2.75, 3.05) is 27.7 Å². The van der Waals surface area contributed by atoms with Gasteiger partial charge in [0, 0.05) is 12.4 Å². The largest absolute Gasteiger partial charge is 0.550 e. The number of aliphatic hydroxyl groups is 1. The normalized spacial score (nSPS) is 14.4. The maximum absolute atomic E-state index is 11.0. The second-order valence-corrected chi connectivity index (χ2v) is 9.91. The third-order valence-corrected chi connectivity index (χ3v) is 5.40. The summed E-state index contributed by atoms with van der Waals surface area (Å²) >= 11 is 0. The lowest BCUT2D eigenvalue weighted by Gasteiger charge is -2.36. The van der Waals surface area contributed by atoms with Crippen LogP contribution in [-0.4, -0.2) is 48.8 Å². The van der Waals surface area contributed by atoms with Crippen LogP contribution >= 0.6 is 0 Å². The summed E-state index contributed by atoms with van der Waals surface area (Å²) in [6, 6.07) is 0. The Morgan fingerprint density at radius 2 is 1.28 bits per heavy atom. The number of carbonyl (C=O) groups excluding carboxylic acids is 1. The van der Waals surface area contributed by atoms with E-state index in [0.29, 0.717) is 17.4 Å². The Bertz CT molecular complexity index is 428. The number of unbranched alkanes of at least 4 members (excludes halogenated alkanes) is 12. The Morgan fingerprint density at radius 1 is 0.828 bits per heavy atom. The highest BCUT2D eigenvalue weighted by atomic mass is 16.4. The third kappa shape index (κ3) is 20.2. The van der Waals surface area contributed by atoms with Gasteiger partial charge in [-0.3, -0.25) is 0 Å². The molecule has 0 aliphatic rings. The van der Waals surface area contributed by atoms with Gasteiger partial charge >= 0.3 is 0 Å². The van der Waals surface area contributed by atoms with Gasteiger partial charge in [-0.15, -0.1) is 0 Å². The average Bonchev–Trinajstić information content (AvgIpc) is 2.59. The van der Waals surface area contributed by atoms with Gasteiger partial charge in [0.2, 0.25) is 0 Å². The molecule has 1 N–H and O–H groups in total. The molecule has 4 nitrogen and oxygen atoms in total. The molecule has 0 aromatic heterocycles. The molecule has 0 radical (unpaired) electrons. The molecule has 0 amide bonds. The average molecular weight is 412 g/mol. The van der Waals surface area contributed by atoms with Crippen molar-refractivity contribution < 1.29 is 19.5 Å². The van der Waals surface area contributed by atoms with Crippen LogP contribution in [0.1, 0.15) is 110 Å². The van der Waals surface area contributed by atoms with Crippen molar-refractivity contribution in [3.63, 3.8) is 0 Å². The molecular formula is C25H49NO3. The van der Waals surface area contributed by atoms with Crippen molar-refractivity contribution in [2.24, 2.45) is 0 Å². The van der Waals surface area contributed by atoms with E-state index in [4.69, 9.17) is 0 Å². The van der Waals surface area contributed by atoms with Crippen LogP contribution in [0.2, 0.25) is 0 Å². The molecule has 1 unspecified atom stereocenters. The fourth-order valence-corrected chi connectivity index (χ4v) is 4.08. The molecule has 172 valence electrons. The molecule has 0 rings (SSSR count). The van der Waals surface area contributed by atoms with Crippen LogP contribution in [0.4, 0.5) is 0 Å². The molecule has 0 saturated carbocycles. The summed E-state index contributed by atoms with van der Waals surface area (Å²) in [5.41, 5.74) is -1.15. The highest BCUT2D eigenvalue weighted by molar-refractivity contribution is 5.65. The first kappa shape index (κ1) is 28.1. The van der Waals surface area contributed by atoms with Crippen molar-refractivity contribution >= 4 is 5.97 Å². The Morgan fingerprint density at radius 3 is 1.72 bits per heavy atom. The number of rotatable bonds is 20. The summed E-state index contributed by atoms with van der Waals surface area (Å²) in [4.78, 5) is 11.0. The zero-order valence-corrected chi connectivity index (χ0v) is 19.9. The number of carboxylic acid groups (broad SMARTS) is 1. The van der Waals surface area contributed by atoms with Crippen molar-refractivity contribution in [3.05, 3.63) is 12.2 Å². The van der Waals surface area contributed by atoms with E-state index in [1.807, 2.05) is 21.1 Å². The Labute approximate surface area is 181 Å². The van der Waals surface area contributed by atoms with Crippen molar-refractivity contribution in [1.82, 2.24) is 0 Å². The van der Waals surface area contributed by atoms with Gasteiger partial charge in [-0.25, -0.2) is 0 Å². The first-order valence-electron chi connectivity index (χ1n) is 12.1. The fraction of sp³-hybridized carbons (Fsp3) is 0.880. The molecule has 0 spiro atoms. The summed E-state index contributed by atoms with van der Waals surface area (Å²) in [7, 11) is 5.92. The molecule has 29 heavy (non-hydrogen) atoms. The lowest BCUT2D eigenvalue weighted by molar-refractivity contribution is -0.877. The van der Waals surface area contributed by atoms with Crippen molar-refractivity contribution in [3.8, 4) is 0 Å². The molecule has 0 saturated heterocycles. The van der Waals surface area contributed by atoms with Gasteiger partial charge in [0.25, 0.3) is 0 Å². The van der Waals surface area contributed by atoms with E-state index in [1.54, 1.807) is 0 Å². The van der Waals surface area contributed by atoms with Crippen molar-refractivity contribution in [2.45, 2.75) is 115 Å². The first-order valence-corrected chi connectivity index (χ1v) is 12.1. The van der Waals surface area contributed by atoms with Crippen LogP contribution in [0.3, 0.4) is 0 Å². The quantitative estimate of drug-likeness (QED) is 0.174. The summed E-state index contributed by atoms with van der Waals surface area (Å²) in [6.07, 6.45) is 22.4. The van der Waals surface area contributed by atoms with Crippen LogP contribution in [0, 0.1) is 0 Å². The summed E-state index contributed by atoms with van der Waals surface area (Å²) < 4.78 is 0.552. The number of nitrogens with zero attached hydrogens (tertiary/aromatic N) is 1. The summed E-state index contributed by atoms with van der Waals surface area (Å²) in [5, 5.41) is 21.7. The Kier molecular flexibility index (Phi) is 16.4. The maximum atomic E-state index is 11.0. The topological polar surface area (TPSA) is 60.4 Å². The van der Waals surface area contributed by atoms with Gasteiger partial charge in [0.1, 0.15) is 12.1 Å². The van der Waals surface area contributed by atoms with E-state index >= 15 is 0 Å². The van der Waals surface area contributed by atoms with E-state index < -0.39 is 11.6 Å². The Balaban J connectivity index is 3.65. The van der Waals surface area contributed by atoms with Gasteiger partial charge in [-0.1, -0.05) is 83.3 Å². The highest BCUT2D eigenvalue weighted by Crippen LogP contribution is 2.22. The molecule has 0 aromatic carbocycles. The molecule has 0 aromatic rings. The van der Waals surface area contributed by atoms with Crippen LogP contribution in [-0.2, 0) is 4.79 Å². The number of carboxylic acids is 1. The van der Waals surface area contributed by atoms with Gasteiger partial charge in [-0.05, 0) is 32.1 Å². The molecular weight excluding hydrogens is 362 g/mol. The maximum Gasteiger partial charge on any atom is 0.119 e. The molecule has 4 heteroatoms. The van der Waals surface area contributed by atoms with E-state index in [-0.39, 0.29) is 6.42 Å². The molecule has 0 heterocycles. The van der Waals surface area contributed by atoms with Crippen LogP contribution in [0.25, 0.3) is 0 Å². The predicted octanol–water partition coefficient (Wildman–Crippen LogP) is 4.99. The number of quaternary nitrogens is 1. The molecule has 0 bridgehead atoms. The minimum Gasteiger partial charge on any atom is -0.550 e. The van der Waals surface area contributed by atoms with E-state index in [1.165, 1.54) is 70.6 Å². The number of hydrogen-bond acceptors (Lipinski definition) is 3. The van der Waals surface area contributed by atoms with E-state index in [9.17, 15) is 15.0 Å². The predicted molar refractivity (Wildman–Crippen MR) is 122 cm³/mol. The second-order valence-electron chi connectivity index (χ2n) is 9.91. The second kappa shape index (κ2) is 16.9. The van der Waals surface area contributed by atoms with Gasteiger partial charge in [0.15, 0.2) is 0 Å².